The van der Waals surface area contributed by atoms with Crippen LogP contribution in [0.4, 0.5) is 0 Å². The lowest BCUT2D eigenvalue weighted by molar-refractivity contribution is -0.132. The molecule has 1 aromatic rings. The molecule has 0 aromatic carbocycles. The number of hydrogen-bond donors (Lipinski definition) is 1. The van der Waals surface area contributed by atoms with Crippen molar-refractivity contribution in [3.8, 4) is 0 Å². The van der Waals surface area contributed by atoms with E-state index in [1.807, 2.05) is 19.1 Å². The van der Waals surface area contributed by atoms with Gasteiger partial charge in [0.15, 0.2) is 0 Å². The van der Waals surface area contributed by atoms with E-state index in [2.05, 4.69) is 6.58 Å². The summed E-state index contributed by atoms with van der Waals surface area (Å²) in [6.45, 7) is 6.74. The highest BCUT2D eigenvalue weighted by Gasteiger charge is 2.20. The van der Waals surface area contributed by atoms with Gasteiger partial charge in [-0.1, -0.05) is 31.0 Å². The average Bonchev–Trinajstić information content (AvgIpc) is 2.73. The predicted octanol–water partition coefficient (Wildman–Crippen LogP) is 3.04. The normalized spacial score (nSPS) is 12.2. The van der Waals surface area contributed by atoms with Crippen LogP contribution in [0.1, 0.15) is 24.6 Å². The molecule has 3 nitrogen and oxygen atoms in total. The van der Waals surface area contributed by atoms with Crippen LogP contribution >= 0.6 is 22.9 Å². The Kier molecular flexibility index (Phi) is 6.39. The van der Waals surface area contributed by atoms with E-state index < -0.39 is 6.04 Å². The number of nitrogens with zero attached hydrogens (tertiary/aromatic N) is 1. The SMILES string of the molecule is C=CCN(Cc1ccc(Cl)s1)C(=O)C(N)CCC. The summed E-state index contributed by atoms with van der Waals surface area (Å²) in [7, 11) is 0. The largest absolute Gasteiger partial charge is 0.332 e. The van der Waals surface area contributed by atoms with E-state index in [1.54, 1.807) is 11.0 Å². The second-order valence-electron chi connectivity index (χ2n) is 4.11. The summed E-state index contributed by atoms with van der Waals surface area (Å²) >= 11 is 7.36. The molecule has 0 spiro atoms. The first-order valence-electron chi connectivity index (χ1n) is 5.98. The fraction of sp³-hybridized carbons (Fsp3) is 0.462. The van der Waals surface area contributed by atoms with Crippen molar-refractivity contribution in [2.75, 3.05) is 6.54 Å². The van der Waals surface area contributed by atoms with E-state index in [4.69, 9.17) is 17.3 Å². The highest BCUT2D eigenvalue weighted by atomic mass is 35.5. The first kappa shape index (κ1) is 15.2. The molecule has 1 rings (SSSR count). The lowest BCUT2D eigenvalue weighted by Gasteiger charge is -2.23. The van der Waals surface area contributed by atoms with E-state index in [0.717, 1.165) is 15.6 Å². The van der Waals surface area contributed by atoms with Crippen molar-refractivity contribution < 1.29 is 4.79 Å². The number of thiophene rings is 1. The van der Waals surface area contributed by atoms with Gasteiger partial charge < -0.3 is 10.6 Å². The number of rotatable bonds is 7. The van der Waals surface area contributed by atoms with Crippen LogP contribution in [-0.4, -0.2) is 23.4 Å². The van der Waals surface area contributed by atoms with E-state index in [1.165, 1.54) is 11.3 Å². The van der Waals surface area contributed by atoms with Crippen LogP contribution in [0.5, 0.6) is 0 Å². The Hall–Kier alpha value is -0.840. The Bertz CT molecular complexity index is 405. The molecular formula is C13H19ClN2OS. The molecule has 1 amide bonds. The van der Waals surface area contributed by atoms with Gasteiger partial charge in [0.25, 0.3) is 0 Å². The Morgan fingerprint density at radius 1 is 1.67 bits per heavy atom. The highest BCUT2D eigenvalue weighted by Crippen LogP contribution is 2.23. The molecule has 5 heteroatoms. The molecule has 1 heterocycles. The number of carbonyl (C=O) groups is 1. The summed E-state index contributed by atoms with van der Waals surface area (Å²) in [6.07, 6.45) is 3.32. The first-order valence-corrected chi connectivity index (χ1v) is 7.17. The Morgan fingerprint density at radius 2 is 2.39 bits per heavy atom. The minimum absolute atomic E-state index is 0.0266. The van der Waals surface area contributed by atoms with Crippen LogP contribution in [0, 0.1) is 0 Å². The minimum atomic E-state index is -0.426. The summed E-state index contributed by atoms with van der Waals surface area (Å²) in [5.74, 6) is -0.0266. The average molecular weight is 287 g/mol. The van der Waals surface area contributed by atoms with E-state index in [-0.39, 0.29) is 5.91 Å². The molecule has 2 N–H and O–H groups in total. The van der Waals surface area contributed by atoms with Crippen molar-refractivity contribution in [2.24, 2.45) is 5.73 Å². The standard InChI is InChI=1S/C13H19ClN2OS/c1-3-5-11(15)13(17)16(8-4-2)9-10-6-7-12(14)18-10/h4,6-7,11H,2-3,5,8-9,15H2,1H3. The van der Waals surface area contributed by atoms with E-state index in [0.29, 0.717) is 19.5 Å². The molecule has 0 fully saturated rings. The second-order valence-corrected chi connectivity index (χ2v) is 5.91. The van der Waals surface area contributed by atoms with Gasteiger partial charge in [-0.2, -0.15) is 0 Å². The van der Waals surface area contributed by atoms with E-state index >= 15 is 0 Å². The quantitative estimate of drug-likeness (QED) is 0.783. The maximum atomic E-state index is 12.2. The Labute approximate surface area is 117 Å². The van der Waals surface area contributed by atoms with Gasteiger partial charge in [0.05, 0.1) is 16.9 Å². The third kappa shape index (κ3) is 4.44. The fourth-order valence-electron chi connectivity index (χ4n) is 1.68. The van der Waals surface area contributed by atoms with Gasteiger partial charge in [-0.3, -0.25) is 4.79 Å². The molecule has 0 bridgehead atoms. The maximum absolute atomic E-state index is 12.2. The molecule has 0 saturated heterocycles. The van der Waals surface area contributed by atoms with Gasteiger partial charge >= 0.3 is 0 Å². The summed E-state index contributed by atoms with van der Waals surface area (Å²) in [6, 6.07) is 3.34. The summed E-state index contributed by atoms with van der Waals surface area (Å²) in [5.41, 5.74) is 5.87. The van der Waals surface area contributed by atoms with Crippen LogP contribution in [0.25, 0.3) is 0 Å². The van der Waals surface area contributed by atoms with Crippen LogP contribution in [0.2, 0.25) is 4.34 Å². The van der Waals surface area contributed by atoms with Crippen LogP contribution in [-0.2, 0) is 11.3 Å². The molecular weight excluding hydrogens is 268 g/mol. The van der Waals surface area contributed by atoms with Crippen molar-refractivity contribution in [3.05, 3.63) is 34.0 Å². The van der Waals surface area contributed by atoms with E-state index in [9.17, 15) is 4.79 Å². The van der Waals surface area contributed by atoms with Crippen LogP contribution < -0.4 is 5.73 Å². The number of carbonyl (C=O) groups excluding carboxylic acids is 1. The number of nitrogens with two attached hydrogens (primary N) is 1. The molecule has 1 atom stereocenters. The molecule has 1 unspecified atom stereocenters. The lowest BCUT2D eigenvalue weighted by atomic mass is 10.1. The third-order valence-electron chi connectivity index (χ3n) is 2.55. The molecule has 100 valence electrons. The summed E-state index contributed by atoms with van der Waals surface area (Å²) < 4.78 is 0.730. The van der Waals surface area contributed by atoms with Crippen molar-refractivity contribution in [1.82, 2.24) is 4.90 Å². The second kappa shape index (κ2) is 7.56. The van der Waals surface area contributed by atoms with Gasteiger partial charge in [0, 0.05) is 11.4 Å². The lowest BCUT2D eigenvalue weighted by Crippen LogP contribution is -2.43. The van der Waals surface area contributed by atoms with Crippen LogP contribution in [0.3, 0.4) is 0 Å². The number of hydrogen-bond acceptors (Lipinski definition) is 3. The van der Waals surface area contributed by atoms with Crippen molar-refractivity contribution in [3.63, 3.8) is 0 Å². The highest BCUT2D eigenvalue weighted by molar-refractivity contribution is 7.16. The molecule has 1 aromatic heterocycles. The Morgan fingerprint density at radius 3 is 2.89 bits per heavy atom. The van der Waals surface area contributed by atoms with Gasteiger partial charge in [0.2, 0.25) is 5.91 Å². The van der Waals surface area contributed by atoms with Gasteiger partial charge in [-0.25, -0.2) is 0 Å². The predicted molar refractivity (Wildman–Crippen MR) is 77.8 cm³/mol. The van der Waals surface area contributed by atoms with Crippen LogP contribution in [0.15, 0.2) is 24.8 Å². The zero-order valence-electron chi connectivity index (χ0n) is 10.6. The maximum Gasteiger partial charge on any atom is 0.240 e. The molecule has 18 heavy (non-hydrogen) atoms. The molecule has 0 radical (unpaired) electrons. The monoisotopic (exact) mass is 286 g/mol. The van der Waals surface area contributed by atoms with Crippen molar-refractivity contribution in [1.29, 1.82) is 0 Å². The van der Waals surface area contributed by atoms with Gasteiger partial charge in [-0.15, -0.1) is 17.9 Å². The van der Waals surface area contributed by atoms with Crippen molar-refractivity contribution in [2.45, 2.75) is 32.4 Å². The smallest absolute Gasteiger partial charge is 0.240 e. The number of halogens is 1. The fourth-order valence-corrected chi connectivity index (χ4v) is 2.79. The molecule has 0 aliphatic rings. The zero-order valence-corrected chi connectivity index (χ0v) is 12.1. The topological polar surface area (TPSA) is 46.3 Å². The Balaban J connectivity index is 2.69. The number of amides is 1. The molecule has 0 saturated carbocycles. The molecule has 0 aliphatic carbocycles. The van der Waals surface area contributed by atoms with Crippen molar-refractivity contribution >= 4 is 28.8 Å². The molecule has 0 aliphatic heterocycles. The summed E-state index contributed by atoms with van der Waals surface area (Å²) in [5, 5.41) is 0. The first-order chi connectivity index (χ1) is 8.58. The third-order valence-corrected chi connectivity index (χ3v) is 3.77. The minimum Gasteiger partial charge on any atom is -0.332 e. The van der Waals surface area contributed by atoms with Gasteiger partial charge in [0.1, 0.15) is 0 Å². The summed E-state index contributed by atoms with van der Waals surface area (Å²) in [4.78, 5) is 14.9. The van der Waals surface area contributed by atoms with Gasteiger partial charge in [-0.05, 0) is 18.6 Å². The zero-order chi connectivity index (χ0) is 13.5.